The molecule has 1 saturated heterocycles. The predicted molar refractivity (Wildman–Crippen MR) is 86.7 cm³/mol. The first-order chi connectivity index (χ1) is 10.3. The number of hydrogen-bond donors (Lipinski definition) is 2. The quantitative estimate of drug-likeness (QED) is 0.899. The number of imide groups is 1. The van der Waals surface area contributed by atoms with Crippen LogP contribution < -0.4 is 10.6 Å². The molecule has 1 unspecified atom stereocenters. The molecule has 0 spiro atoms. The van der Waals surface area contributed by atoms with Gasteiger partial charge in [0.15, 0.2) is 0 Å². The maximum Gasteiger partial charge on any atom is 0.321 e. The molecule has 1 fully saturated rings. The van der Waals surface area contributed by atoms with Gasteiger partial charge in [-0.3, -0.25) is 15.0 Å². The van der Waals surface area contributed by atoms with Crippen LogP contribution in [0.4, 0.5) is 4.79 Å². The van der Waals surface area contributed by atoms with Crippen molar-refractivity contribution in [1.29, 1.82) is 0 Å². The molecule has 0 aliphatic carbocycles. The number of benzene rings is 1. The fourth-order valence-corrected chi connectivity index (χ4v) is 2.71. The van der Waals surface area contributed by atoms with E-state index in [0.717, 1.165) is 19.5 Å². The molecule has 2 rings (SSSR count). The second-order valence-electron chi connectivity index (χ2n) is 6.88. The molecule has 22 heavy (non-hydrogen) atoms. The lowest BCUT2D eigenvalue weighted by molar-refractivity contribution is -0.120. The molecule has 1 aliphatic heterocycles. The van der Waals surface area contributed by atoms with Crippen LogP contribution in [0.3, 0.4) is 0 Å². The Balaban J connectivity index is 1.78. The van der Waals surface area contributed by atoms with Gasteiger partial charge < -0.3 is 5.32 Å². The van der Waals surface area contributed by atoms with Crippen molar-refractivity contribution in [3.63, 3.8) is 0 Å². The number of amides is 3. The zero-order chi connectivity index (χ0) is 16.2. The summed E-state index contributed by atoms with van der Waals surface area (Å²) < 4.78 is 0. The Hall–Kier alpha value is -1.88. The van der Waals surface area contributed by atoms with Crippen LogP contribution in [0.25, 0.3) is 0 Å². The summed E-state index contributed by atoms with van der Waals surface area (Å²) >= 11 is 0. The second kappa shape index (κ2) is 6.92. The van der Waals surface area contributed by atoms with E-state index in [0.29, 0.717) is 5.92 Å². The number of nitrogens with one attached hydrogen (secondary N) is 2. The van der Waals surface area contributed by atoms with Gasteiger partial charge in [0.2, 0.25) is 5.91 Å². The van der Waals surface area contributed by atoms with E-state index in [1.807, 2.05) is 39.0 Å². The van der Waals surface area contributed by atoms with E-state index < -0.39 is 6.03 Å². The lowest BCUT2D eigenvalue weighted by Crippen LogP contribution is -2.50. The van der Waals surface area contributed by atoms with E-state index in [9.17, 15) is 9.59 Å². The summed E-state index contributed by atoms with van der Waals surface area (Å²) in [5, 5.41) is 5.11. The van der Waals surface area contributed by atoms with E-state index in [2.05, 4.69) is 27.7 Å². The number of likely N-dealkylation sites (tertiary alicyclic amines) is 1. The zero-order valence-corrected chi connectivity index (χ0v) is 13.6. The summed E-state index contributed by atoms with van der Waals surface area (Å²) in [6.45, 7) is 7.64. The standard InChI is InChI=1S/C17H25N3O2/c1-17(2,3)19-16(22)18-15(21)12-20-10-9-14(11-20)13-7-5-4-6-8-13/h4-8,14H,9-12H2,1-3H3,(H2,18,19,21,22). The van der Waals surface area contributed by atoms with Gasteiger partial charge in [0, 0.05) is 12.1 Å². The Morgan fingerprint density at radius 3 is 2.55 bits per heavy atom. The van der Waals surface area contributed by atoms with Gasteiger partial charge in [-0.25, -0.2) is 4.79 Å². The Kier molecular flexibility index (Phi) is 5.19. The number of urea groups is 1. The Morgan fingerprint density at radius 2 is 1.91 bits per heavy atom. The van der Waals surface area contributed by atoms with Crippen LogP contribution in [0, 0.1) is 0 Å². The van der Waals surface area contributed by atoms with E-state index >= 15 is 0 Å². The van der Waals surface area contributed by atoms with Crippen molar-refractivity contribution in [1.82, 2.24) is 15.5 Å². The average molecular weight is 303 g/mol. The van der Waals surface area contributed by atoms with Crippen LogP contribution in [0.5, 0.6) is 0 Å². The van der Waals surface area contributed by atoms with Crippen molar-refractivity contribution in [2.45, 2.75) is 38.6 Å². The number of hydrogen-bond acceptors (Lipinski definition) is 3. The molecule has 0 saturated carbocycles. The third-order valence-electron chi connectivity index (χ3n) is 3.65. The maximum absolute atomic E-state index is 11.9. The van der Waals surface area contributed by atoms with Crippen molar-refractivity contribution in [3.05, 3.63) is 35.9 Å². The van der Waals surface area contributed by atoms with Gasteiger partial charge in [-0.15, -0.1) is 0 Å². The summed E-state index contributed by atoms with van der Waals surface area (Å²) in [7, 11) is 0. The molecule has 1 atom stereocenters. The topological polar surface area (TPSA) is 61.4 Å². The highest BCUT2D eigenvalue weighted by atomic mass is 16.2. The summed E-state index contributed by atoms with van der Waals surface area (Å²) in [6.07, 6.45) is 1.05. The molecule has 5 heteroatoms. The summed E-state index contributed by atoms with van der Waals surface area (Å²) in [4.78, 5) is 25.7. The van der Waals surface area contributed by atoms with Crippen LogP contribution in [0.1, 0.15) is 38.7 Å². The van der Waals surface area contributed by atoms with Gasteiger partial charge in [-0.05, 0) is 45.2 Å². The Morgan fingerprint density at radius 1 is 1.23 bits per heavy atom. The first-order valence-electron chi connectivity index (χ1n) is 7.73. The SMILES string of the molecule is CC(C)(C)NC(=O)NC(=O)CN1CCC(c2ccccc2)C1. The van der Waals surface area contributed by atoms with E-state index in [1.54, 1.807) is 0 Å². The minimum absolute atomic E-state index is 0.254. The first-order valence-corrected chi connectivity index (χ1v) is 7.73. The highest BCUT2D eigenvalue weighted by molar-refractivity contribution is 5.95. The van der Waals surface area contributed by atoms with Gasteiger partial charge in [0.05, 0.1) is 6.54 Å². The van der Waals surface area contributed by atoms with E-state index in [4.69, 9.17) is 0 Å². The molecule has 0 bridgehead atoms. The Bertz CT molecular complexity index is 522. The van der Waals surface area contributed by atoms with Crippen LogP contribution in [-0.2, 0) is 4.79 Å². The van der Waals surface area contributed by atoms with Gasteiger partial charge in [-0.2, -0.15) is 0 Å². The fraction of sp³-hybridized carbons (Fsp3) is 0.529. The molecule has 0 radical (unpaired) electrons. The largest absolute Gasteiger partial charge is 0.333 e. The molecule has 5 nitrogen and oxygen atoms in total. The van der Waals surface area contributed by atoms with Crippen LogP contribution in [0.15, 0.2) is 30.3 Å². The third-order valence-corrected chi connectivity index (χ3v) is 3.65. The third kappa shape index (κ3) is 5.15. The van der Waals surface area contributed by atoms with Crippen LogP contribution in [-0.4, -0.2) is 42.0 Å². The molecule has 3 amide bonds. The molecule has 0 aromatic heterocycles. The number of carbonyl (C=O) groups is 2. The number of nitrogens with zero attached hydrogens (tertiary/aromatic N) is 1. The summed E-state index contributed by atoms with van der Waals surface area (Å²) in [5.41, 5.74) is 0.965. The average Bonchev–Trinajstić information content (AvgIpc) is 2.85. The summed E-state index contributed by atoms with van der Waals surface area (Å²) in [6, 6.07) is 9.92. The van der Waals surface area contributed by atoms with Crippen molar-refractivity contribution in [3.8, 4) is 0 Å². The van der Waals surface area contributed by atoms with Gasteiger partial charge in [-0.1, -0.05) is 30.3 Å². The van der Waals surface area contributed by atoms with Gasteiger partial charge >= 0.3 is 6.03 Å². The fourth-order valence-electron chi connectivity index (χ4n) is 2.71. The molecule has 1 aliphatic rings. The second-order valence-corrected chi connectivity index (χ2v) is 6.88. The lowest BCUT2D eigenvalue weighted by atomic mass is 9.99. The van der Waals surface area contributed by atoms with Crippen molar-refractivity contribution in [2.75, 3.05) is 19.6 Å². The lowest BCUT2D eigenvalue weighted by Gasteiger charge is -2.21. The highest BCUT2D eigenvalue weighted by Crippen LogP contribution is 2.26. The van der Waals surface area contributed by atoms with Crippen molar-refractivity contribution in [2.24, 2.45) is 0 Å². The molecular weight excluding hydrogens is 278 g/mol. The molecule has 1 heterocycles. The molecule has 1 aromatic carbocycles. The minimum atomic E-state index is -0.434. The zero-order valence-electron chi connectivity index (χ0n) is 13.6. The first kappa shape index (κ1) is 16.5. The van der Waals surface area contributed by atoms with Gasteiger partial charge in [0.25, 0.3) is 0 Å². The molecule has 120 valence electrons. The monoisotopic (exact) mass is 303 g/mol. The Labute approximate surface area is 132 Å². The molecular formula is C17H25N3O2. The van der Waals surface area contributed by atoms with Crippen LogP contribution >= 0.6 is 0 Å². The summed E-state index contributed by atoms with van der Waals surface area (Å²) in [5.74, 6) is 0.216. The van der Waals surface area contributed by atoms with Crippen molar-refractivity contribution >= 4 is 11.9 Å². The predicted octanol–water partition coefficient (Wildman–Crippen LogP) is 2.10. The van der Waals surface area contributed by atoms with Crippen molar-refractivity contribution < 1.29 is 9.59 Å². The van der Waals surface area contributed by atoms with E-state index in [-0.39, 0.29) is 18.0 Å². The minimum Gasteiger partial charge on any atom is -0.333 e. The normalized spacial score (nSPS) is 19.0. The smallest absolute Gasteiger partial charge is 0.321 e. The van der Waals surface area contributed by atoms with E-state index in [1.165, 1.54) is 5.56 Å². The maximum atomic E-state index is 11.9. The molecule has 1 aromatic rings. The number of carbonyl (C=O) groups excluding carboxylic acids is 2. The molecule has 2 N–H and O–H groups in total. The van der Waals surface area contributed by atoms with Gasteiger partial charge in [0.1, 0.15) is 0 Å². The highest BCUT2D eigenvalue weighted by Gasteiger charge is 2.25. The number of rotatable bonds is 3. The van der Waals surface area contributed by atoms with Crippen LogP contribution in [0.2, 0.25) is 0 Å².